The van der Waals surface area contributed by atoms with E-state index in [0.29, 0.717) is 4.91 Å². The maximum absolute atomic E-state index is 11.6. The van der Waals surface area contributed by atoms with Gasteiger partial charge in [-0.15, -0.1) is 0 Å². The molecule has 1 aliphatic rings. The second-order valence-electron chi connectivity index (χ2n) is 4.72. The molecule has 0 aromatic carbocycles. The molecule has 0 unspecified atom stereocenters. The van der Waals surface area contributed by atoms with Gasteiger partial charge in [-0.3, -0.25) is 19.9 Å². The van der Waals surface area contributed by atoms with Gasteiger partial charge in [0.05, 0.1) is 4.91 Å². The SMILES string of the molecule is Cc1cc(/C=C2\SC(=O)NC2=O)c(C)n1-c1ccncc1. The minimum atomic E-state index is -0.335. The van der Waals surface area contributed by atoms with Gasteiger partial charge in [0.25, 0.3) is 11.1 Å². The van der Waals surface area contributed by atoms with Crippen LogP contribution in [0.1, 0.15) is 17.0 Å². The number of rotatable bonds is 2. The van der Waals surface area contributed by atoms with Crippen LogP contribution in [-0.4, -0.2) is 20.7 Å². The summed E-state index contributed by atoms with van der Waals surface area (Å²) in [6, 6.07) is 5.86. The van der Waals surface area contributed by atoms with E-state index in [2.05, 4.69) is 14.9 Å². The number of nitrogens with one attached hydrogen (secondary N) is 1. The van der Waals surface area contributed by atoms with Crippen LogP contribution in [0.5, 0.6) is 0 Å². The number of thioether (sulfide) groups is 1. The lowest BCUT2D eigenvalue weighted by molar-refractivity contribution is -0.115. The number of nitrogens with zero attached hydrogens (tertiary/aromatic N) is 2. The van der Waals surface area contributed by atoms with E-state index in [1.54, 1.807) is 18.5 Å². The molecule has 2 amide bonds. The fourth-order valence-electron chi connectivity index (χ4n) is 2.39. The predicted molar refractivity (Wildman–Crippen MR) is 82.1 cm³/mol. The van der Waals surface area contributed by atoms with Crippen molar-refractivity contribution in [3.8, 4) is 5.69 Å². The van der Waals surface area contributed by atoms with Gasteiger partial charge in [0.2, 0.25) is 0 Å². The van der Waals surface area contributed by atoms with Gasteiger partial charge < -0.3 is 4.57 Å². The number of carbonyl (C=O) groups excluding carboxylic acids is 2. The first kappa shape index (κ1) is 13.6. The molecule has 6 heteroatoms. The number of aromatic nitrogens is 2. The number of hydrogen-bond donors (Lipinski definition) is 1. The average molecular weight is 299 g/mol. The largest absolute Gasteiger partial charge is 0.318 e. The molecular formula is C15H13N3O2S. The fraction of sp³-hybridized carbons (Fsp3) is 0.133. The van der Waals surface area contributed by atoms with Gasteiger partial charge in [-0.2, -0.15) is 0 Å². The first-order chi connectivity index (χ1) is 10.1. The molecule has 0 aliphatic carbocycles. The maximum atomic E-state index is 11.6. The smallest absolute Gasteiger partial charge is 0.290 e. The zero-order valence-electron chi connectivity index (χ0n) is 11.6. The number of hydrogen-bond acceptors (Lipinski definition) is 4. The Labute approximate surface area is 126 Å². The Morgan fingerprint density at radius 2 is 1.95 bits per heavy atom. The molecule has 5 nitrogen and oxygen atoms in total. The summed E-state index contributed by atoms with van der Waals surface area (Å²) in [7, 11) is 0. The summed E-state index contributed by atoms with van der Waals surface area (Å²) >= 11 is 0.930. The number of pyridine rings is 1. The summed E-state index contributed by atoms with van der Waals surface area (Å²) in [6.07, 6.45) is 5.24. The molecule has 1 saturated heterocycles. The third kappa shape index (κ3) is 2.50. The summed E-state index contributed by atoms with van der Waals surface area (Å²) < 4.78 is 2.09. The highest BCUT2D eigenvalue weighted by Gasteiger charge is 2.25. The minimum Gasteiger partial charge on any atom is -0.318 e. The summed E-state index contributed by atoms with van der Waals surface area (Å²) in [4.78, 5) is 27.3. The van der Waals surface area contributed by atoms with Crippen molar-refractivity contribution in [1.29, 1.82) is 0 Å². The van der Waals surface area contributed by atoms with E-state index in [1.165, 1.54) is 0 Å². The Balaban J connectivity index is 2.05. The van der Waals surface area contributed by atoms with Gasteiger partial charge in [0.1, 0.15) is 0 Å². The summed E-state index contributed by atoms with van der Waals surface area (Å²) in [5.41, 5.74) is 4.01. The van der Waals surface area contributed by atoms with Crippen LogP contribution in [0.25, 0.3) is 11.8 Å². The lowest BCUT2D eigenvalue weighted by Gasteiger charge is -2.08. The Morgan fingerprint density at radius 1 is 1.24 bits per heavy atom. The Bertz CT molecular complexity index is 763. The molecule has 1 N–H and O–H groups in total. The number of carbonyl (C=O) groups is 2. The molecule has 3 rings (SSSR count). The van der Waals surface area contributed by atoms with E-state index in [1.807, 2.05) is 32.0 Å². The standard InChI is InChI=1S/C15H13N3O2S/c1-9-7-11(8-13-14(19)17-15(20)21-13)10(2)18(9)12-3-5-16-6-4-12/h3-8H,1-2H3,(H,17,19,20)/b13-8-. The Kier molecular flexibility index (Phi) is 3.39. The van der Waals surface area contributed by atoms with Crippen LogP contribution in [0.2, 0.25) is 0 Å². The van der Waals surface area contributed by atoms with Crippen LogP contribution in [0.3, 0.4) is 0 Å². The monoisotopic (exact) mass is 299 g/mol. The maximum Gasteiger partial charge on any atom is 0.290 e. The van der Waals surface area contributed by atoms with Crippen molar-refractivity contribution in [2.75, 3.05) is 0 Å². The molecule has 21 heavy (non-hydrogen) atoms. The lowest BCUT2D eigenvalue weighted by Crippen LogP contribution is -2.17. The Morgan fingerprint density at radius 3 is 2.57 bits per heavy atom. The molecule has 2 aromatic heterocycles. The molecule has 0 saturated carbocycles. The molecule has 0 radical (unpaired) electrons. The molecule has 0 atom stereocenters. The molecule has 3 heterocycles. The van der Waals surface area contributed by atoms with Crippen molar-refractivity contribution in [2.24, 2.45) is 0 Å². The van der Waals surface area contributed by atoms with E-state index >= 15 is 0 Å². The van der Waals surface area contributed by atoms with Crippen LogP contribution in [0, 0.1) is 13.8 Å². The van der Waals surface area contributed by atoms with Gasteiger partial charge in [0.15, 0.2) is 0 Å². The minimum absolute atomic E-state index is 0.325. The lowest BCUT2D eigenvalue weighted by atomic mass is 10.2. The van der Waals surface area contributed by atoms with Crippen molar-refractivity contribution >= 4 is 29.0 Å². The number of amides is 2. The van der Waals surface area contributed by atoms with Crippen LogP contribution in [0.15, 0.2) is 35.5 Å². The number of imide groups is 1. The molecular weight excluding hydrogens is 286 g/mol. The second kappa shape index (κ2) is 5.21. The quantitative estimate of drug-likeness (QED) is 0.866. The topological polar surface area (TPSA) is 64.0 Å². The highest BCUT2D eigenvalue weighted by Crippen LogP contribution is 2.28. The van der Waals surface area contributed by atoms with Crippen molar-refractivity contribution in [3.05, 3.63) is 52.4 Å². The third-order valence-electron chi connectivity index (χ3n) is 3.32. The zero-order valence-corrected chi connectivity index (χ0v) is 12.4. The van der Waals surface area contributed by atoms with Crippen LogP contribution in [0.4, 0.5) is 4.79 Å². The van der Waals surface area contributed by atoms with Crippen molar-refractivity contribution < 1.29 is 9.59 Å². The van der Waals surface area contributed by atoms with Crippen LogP contribution in [-0.2, 0) is 4.79 Å². The van der Waals surface area contributed by atoms with Crippen LogP contribution >= 0.6 is 11.8 Å². The fourth-order valence-corrected chi connectivity index (χ4v) is 3.06. The first-order valence-electron chi connectivity index (χ1n) is 6.40. The summed E-state index contributed by atoms with van der Waals surface area (Å²) in [5.74, 6) is -0.335. The molecule has 106 valence electrons. The highest BCUT2D eigenvalue weighted by molar-refractivity contribution is 8.18. The average Bonchev–Trinajstić information content (AvgIpc) is 2.91. The molecule has 1 aliphatic heterocycles. The third-order valence-corrected chi connectivity index (χ3v) is 4.13. The van der Waals surface area contributed by atoms with Gasteiger partial charge in [0, 0.05) is 29.5 Å². The van der Waals surface area contributed by atoms with E-state index in [4.69, 9.17) is 0 Å². The Hall–Kier alpha value is -2.34. The van der Waals surface area contributed by atoms with Gasteiger partial charge in [-0.05, 0) is 55.4 Å². The molecule has 2 aromatic rings. The molecule has 0 bridgehead atoms. The second-order valence-corrected chi connectivity index (χ2v) is 5.73. The molecule has 1 fully saturated rings. The van der Waals surface area contributed by atoms with Gasteiger partial charge in [-0.1, -0.05) is 0 Å². The number of aryl methyl sites for hydroxylation is 1. The van der Waals surface area contributed by atoms with Crippen molar-refractivity contribution in [3.63, 3.8) is 0 Å². The summed E-state index contributed by atoms with van der Waals surface area (Å²) in [5, 5.41) is 1.94. The molecule has 0 spiro atoms. The zero-order chi connectivity index (χ0) is 15.0. The predicted octanol–water partition coefficient (Wildman–Crippen LogP) is 2.81. The van der Waals surface area contributed by atoms with E-state index in [0.717, 1.165) is 34.4 Å². The van der Waals surface area contributed by atoms with Gasteiger partial charge >= 0.3 is 0 Å². The van der Waals surface area contributed by atoms with Crippen molar-refractivity contribution in [1.82, 2.24) is 14.9 Å². The van der Waals surface area contributed by atoms with Crippen LogP contribution < -0.4 is 5.32 Å². The summed E-state index contributed by atoms with van der Waals surface area (Å²) in [6.45, 7) is 3.99. The van der Waals surface area contributed by atoms with E-state index in [-0.39, 0.29) is 11.1 Å². The normalized spacial score (nSPS) is 16.6. The van der Waals surface area contributed by atoms with E-state index in [9.17, 15) is 9.59 Å². The highest BCUT2D eigenvalue weighted by atomic mass is 32.2. The van der Waals surface area contributed by atoms with Crippen molar-refractivity contribution in [2.45, 2.75) is 13.8 Å². The van der Waals surface area contributed by atoms with Gasteiger partial charge in [-0.25, -0.2) is 0 Å². The van der Waals surface area contributed by atoms with E-state index < -0.39 is 0 Å². The first-order valence-corrected chi connectivity index (χ1v) is 7.22.